The summed E-state index contributed by atoms with van der Waals surface area (Å²) in [6, 6.07) is 100. The maximum atomic E-state index is 12.9. The van der Waals surface area contributed by atoms with Crippen molar-refractivity contribution >= 4 is 124 Å². The van der Waals surface area contributed by atoms with Crippen molar-refractivity contribution < 1.29 is 19.8 Å². The second-order valence-electron chi connectivity index (χ2n) is 22.6. The van der Waals surface area contributed by atoms with Gasteiger partial charge >= 0.3 is 0 Å². The van der Waals surface area contributed by atoms with Crippen LogP contribution in [0.3, 0.4) is 0 Å². The summed E-state index contributed by atoms with van der Waals surface area (Å²) in [6.07, 6.45) is 0. The Morgan fingerprint density at radius 3 is 1.08 bits per heavy atom. The van der Waals surface area contributed by atoms with Crippen LogP contribution in [0.25, 0.3) is 86.9 Å². The number of halogens is 3. The van der Waals surface area contributed by atoms with Crippen molar-refractivity contribution in [2.75, 3.05) is 0 Å². The van der Waals surface area contributed by atoms with E-state index < -0.39 is 11.2 Å². The van der Waals surface area contributed by atoms with Crippen LogP contribution in [0.2, 0.25) is 0 Å². The first kappa shape index (κ1) is 56.1. The predicted octanol–water partition coefficient (Wildman–Crippen LogP) is 21.3. The molecule has 0 fully saturated rings. The molecule has 0 aromatic heterocycles. The molecule has 0 saturated heterocycles. The summed E-state index contributed by atoms with van der Waals surface area (Å²) in [7, 11) is 0. The van der Waals surface area contributed by atoms with Crippen molar-refractivity contribution in [2.24, 2.45) is 0 Å². The predicted molar refractivity (Wildman–Crippen MR) is 375 cm³/mol. The molecule has 2 aliphatic carbocycles. The maximum Gasteiger partial charge on any atom is 0.194 e. The first-order valence-electron chi connectivity index (χ1n) is 29.4. The molecular formula is C82H51Br3O4. The van der Waals surface area contributed by atoms with Crippen LogP contribution in [-0.2, 0) is 11.2 Å². The van der Waals surface area contributed by atoms with Gasteiger partial charge in [0.1, 0.15) is 11.2 Å². The molecule has 0 saturated carbocycles. The molecule has 2 N–H and O–H groups in total. The molecule has 424 valence electrons. The Labute approximate surface area is 539 Å². The molecular weight excluding hydrogens is 1290 g/mol. The number of fused-ring (bicyclic) bond motifs is 10. The van der Waals surface area contributed by atoms with Crippen molar-refractivity contribution in [3.05, 3.63) is 366 Å². The number of hydrogen-bond acceptors (Lipinski definition) is 4. The zero-order valence-electron chi connectivity index (χ0n) is 47.6. The Hall–Kier alpha value is -9.44. The third kappa shape index (κ3) is 9.30. The highest BCUT2D eigenvalue weighted by Crippen LogP contribution is 2.56. The Morgan fingerprint density at radius 1 is 0.225 bits per heavy atom. The highest BCUT2D eigenvalue weighted by atomic mass is 79.9. The molecule has 0 spiro atoms. The lowest BCUT2D eigenvalue weighted by Gasteiger charge is -2.45. The van der Waals surface area contributed by atoms with E-state index in [2.05, 4.69) is 212 Å². The van der Waals surface area contributed by atoms with E-state index in [-0.39, 0.29) is 11.6 Å². The van der Waals surface area contributed by atoms with Crippen molar-refractivity contribution in [3.63, 3.8) is 0 Å². The molecule has 0 heterocycles. The van der Waals surface area contributed by atoms with Gasteiger partial charge in [0.05, 0.1) is 0 Å². The van der Waals surface area contributed by atoms with Crippen LogP contribution in [0.5, 0.6) is 0 Å². The van der Waals surface area contributed by atoms with E-state index in [1.165, 1.54) is 65.3 Å². The van der Waals surface area contributed by atoms with E-state index in [0.717, 1.165) is 46.1 Å². The van der Waals surface area contributed by atoms with E-state index in [4.69, 9.17) is 0 Å². The third-order valence-electron chi connectivity index (χ3n) is 17.8. The topological polar surface area (TPSA) is 74.6 Å². The minimum atomic E-state index is -1.48. The van der Waals surface area contributed by atoms with Gasteiger partial charge < -0.3 is 10.2 Å². The van der Waals surface area contributed by atoms with Gasteiger partial charge in [-0.05, 0) is 146 Å². The molecule has 17 rings (SSSR count). The van der Waals surface area contributed by atoms with E-state index in [0.29, 0.717) is 44.5 Å². The van der Waals surface area contributed by atoms with Crippen LogP contribution in [0.15, 0.2) is 311 Å². The number of carbonyl (C=O) groups excluding carboxylic acids is 2. The van der Waals surface area contributed by atoms with Gasteiger partial charge in [-0.15, -0.1) is 0 Å². The molecule has 0 amide bonds. The first-order chi connectivity index (χ1) is 43.5. The summed E-state index contributed by atoms with van der Waals surface area (Å²) >= 11 is 10.7. The standard InChI is InChI=1S/C34H23BrO2.C34H21Br.C14H7BrO2/c35-24-19-20-31-32(21-24)34(37,28-18-8-12-23-10-2-4-14-26(23)28)30-16-6-5-15-29(30)33(31,36)27-17-7-11-22-9-1-3-13-25(22)27;35-24-19-20-31-32(21-24)34(28-18-8-12-23-10-2-4-14-26(23)28)30-16-6-5-15-29(30)33(31)27-17-7-11-22-9-1-3-13-25(22)27;15-8-5-6-11-12(7-8)14(17)10-4-2-1-3-9(10)13(11)16/h1-21,36-37H;1-21H;1-7H. The molecule has 7 heteroatoms. The Kier molecular flexibility index (Phi) is 14.3. The molecule has 2 unspecified atom stereocenters. The van der Waals surface area contributed by atoms with Crippen molar-refractivity contribution in [1.29, 1.82) is 0 Å². The lowest BCUT2D eigenvalue weighted by atomic mass is 9.62. The number of aliphatic hydroxyl groups is 2. The highest BCUT2D eigenvalue weighted by molar-refractivity contribution is 9.11. The molecule has 2 aliphatic rings. The minimum Gasteiger partial charge on any atom is -0.376 e. The van der Waals surface area contributed by atoms with Gasteiger partial charge in [0.2, 0.25) is 0 Å². The fourth-order valence-electron chi connectivity index (χ4n) is 13.9. The molecule has 2 atom stereocenters. The molecule has 0 bridgehead atoms. The lowest BCUT2D eigenvalue weighted by Crippen LogP contribution is -2.44. The van der Waals surface area contributed by atoms with Gasteiger partial charge in [-0.2, -0.15) is 0 Å². The molecule has 15 aromatic carbocycles. The van der Waals surface area contributed by atoms with E-state index in [9.17, 15) is 19.8 Å². The van der Waals surface area contributed by atoms with E-state index in [1.807, 2.05) is 91.0 Å². The van der Waals surface area contributed by atoms with E-state index in [1.54, 1.807) is 42.5 Å². The zero-order chi connectivity index (χ0) is 60.5. The summed E-state index contributed by atoms with van der Waals surface area (Å²) in [6.45, 7) is 0. The van der Waals surface area contributed by atoms with Crippen molar-refractivity contribution in [1.82, 2.24) is 0 Å². The van der Waals surface area contributed by atoms with Crippen LogP contribution in [0.1, 0.15) is 65.2 Å². The molecule has 4 nitrogen and oxygen atoms in total. The summed E-state index contributed by atoms with van der Waals surface area (Å²) in [5.74, 6) is -0.167. The number of hydrogen-bond donors (Lipinski definition) is 2. The zero-order valence-corrected chi connectivity index (χ0v) is 52.4. The van der Waals surface area contributed by atoms with Gasteiger partial charge in [-0.25, -0.2) is 0 Å². The Bertz CT molecular complexity index is 5400. The quantitative estimate of drug-likeness (QED) is 0.172. The molecule has 15 aromatic rings. The average molecular weight is 1340 g/mol. The van der Waals surface area contributed by atoms with Crippen LogP contribution < -0.4 is 0 Å². The monoisotopic (exact) mass is 1340 g/mol. The average Bonchev–Trinajstić information content (AvgIpc) is 0.865. The van der Waals surface area contributed by atoms with Crippen LogP contribution in [0, 0.1) is 0 Å². The molecule has 0 aliphatic heterocycles. The Balaban J connectivity index is 0.000000119. The van der Waals surface area contributed by atoms with Crippen molar-refractivity contribution in [2.45, 2.75) is 11.2 Å². The van der Waals surface area contributed by atoms with Crippen LogP contribution in [0.4, 0.5) is 0 Å². The fraction of sp³-hybridized carbons (Fsp3) is 0.0244. The van der Waals surface area contributed by atoms with Gasteiger partial charge in [0.15, 0.2) is 11.6 Å². The first-order valence-corrected chi connectivity index (χ1v) is 31.8. The van der Waals surface area contributed by atoms with Crippen molar-refractivity contribution in [3.8, 4) is 22.3 Å². The maximum absolute atomic E-state index is 12.9. The number of carbonyl (C=O) groups is 2. The smallest absolute Gasteiger partial charge is 0.194 e. The van der Waals surface area contributed by atoms with E-state index >= 15 is 0 Å². The normalized spacial score (nSPS) is 15.6. The number of benzene rings is 15. The highest BCUT2D eigenvalue weighted by Gasteiger charge is 2.52. The van der Waals surface area contributed by atoms with Crippen LogP contribution >= 0.6 is 47.8 Å². The summed E-state index contributed by atoms with van der Waals surface area (Å²) in [4.78, 5) is 24.4. The minimum absolute atomic E-state index is 0.0808. The second kappa shape index (κ2) is 22.6. The van der Waals surface area contributed by atoms with Crippen LogP contribution in [-0.4, -0.2) is 21.8 Å². The molecule has 0 radical (unpaired) electrons. The largest absolute Gasteiger partial charge is 0.376 e. The lowest BCUT2D eigenvalue weighted by molar-refractivity contribution is 0.0763. The van der Waals surface area contributed by atoms with Gasteiger partial charge in [-0.3, -0.25) is 9.59 Å². The SMILES string of the molecule is Brc1ccc2c(-c3cccc4ccccc34)c3ccccc3c(-c3cccc4ccccc34)c2c1.O=C1c2ccccc2C(=O)c2cc(Br)ccc21.OC1(c2cccc3ccccc23)c2ccccc2C(O)(c2cccc3ccccc23)c2cc(Br)ccc21. The number of ketones is 2. The van der Waals surface area contributed by atoms with Gasteiger partial charge in [-0.1, -0.05) is 303 Å². The summed E-state index contributed by atoms with van der Waals surface area (Å²) in [5, 5.41) is 40.1. The third-order valence-corrected chi connectivity index (χ3v) is 19.3. The summed E-state index contributed by atoms with van der Waals surface area (Å²) < 4.78 is 2.73. The Morgan fingerprint density at radius 2 is 0.539 bits per heavy atom. The fourth-order valence-corrected chi connectivity index (χ4v) is 15.0. The van der Waals surface area contributed by atoms with Gasteiger partial charge in [0, 0.05) is 52.4 Å². The second-order valence-corrected chi connectivity index (χ2v) is 25.4. The molecule has 89 heavy (non-hydrogen) atoms. The van der Waals surface area contributed by atoms with Gasteiger partial charge in [0.25, 0.3) is 0 Å². The summed E-state index contributed by atoms with van der Waals surface area (Å²) in [5.41, 5.74) is 8.38. The number of rotatable bonds is 4.